The number of piperidine rings is 1. The Labute approximate surface area is 149 Å². The van der Waals surface area contributed by atoms with Crippen LogP contribution < -0.4 is 15.0 Å². The fourth-order valence-electron chi connectivity index (χ4n) is 3.10. The molecule has 0 bridgehead atoms. The van der Waals surface area contributed by atoms with E-state index in [0.717, 1.165) is 43.9 Å². The third-order valence-electron chi connectivity index (χ3n) is 4.56. The first kappa shape index (κ1) is 17.3. The second-order valence-corrected chi connectivity index (χ2v) is 6.49. The van der Waals surface area contributed by atoms with Crippen LogP contribution in [0, 0.1) is 12.8 Å². The van der Waals surface area contributed by atoms with Crippen LogP contribution in [0.25, 0.3) is 0 Å². The molecule has 5 nitrogen and oxygen atoms in total. The highest BCUT2D eigenvalue weighted by atomic mass is 16.5. The molecule has 1 aromatic heterocycles. The fraction of sp³-hybridized carbons (Fsp3) is 0.400. The second-order valence-electron chi connectivity index (χ2n) is 6.49. The summed E-state index contributed by atoms with van der Waals surface area (Å²) in [6.45, 7) is 4.84. The van der Waals surface area contributed by atoms with Gasteiger partial charge in [-0.3, -0.25) is 9.78 Å². The van der Waals surface area contributed by atoms with Gasteiger partial charge in [0.05, 0.1) is 0 Å². The maximum absolute atomic E-state index is 11.9. The zero-order chi connectivity index (χ0) is 17.5. The molecule has 0 atom stereocenters. The van der Waals surface area contributed by atoms with Crippen molar-refractivity contribution in [3.63, 3.8) is 0 Å². The number of para-hydroxylation sites is 1. The van der Waals surface area contributed by atoms with Gasteiger partial charge in [0.2, 0.25) is 0 Å². The van der Waals surface area contributed by atoms with E-state index in [0.29, 0.717) is 5.92 Å². The Morgan fingerprint density at radius 2 is 2.00 bits per heavy atom. The van der Waals surface area contributed by atoms with Gasteiger partial charge in [0, 0.05) is 37.2 Å². The minimum absolute atomic E-state index is 0.0592. The minimum Gasteiger partial charge on any atom is -0.484 e. The molecule has 132 valence electrons. The van der Waals surface area contributed by atoms with Gasteiger partial charge in [-0.15, -0.1) is 0 Å². The maximum Gasteiger partial charge on any atom is 0.257 e. The Kier molecular flexibility index (Phi) is 5.88. The summed E-state index contributed by atoms with van der Waals surface area (Å²) in [5, 5.41) is 2.99. The molecule has 0 saturated carbocycles. The van der Waals surface area contributed by atoms with Gasteiger partial charge in [0.25, 0.3) is 5.91 Å². The van der Waals surface area contributed by atoms with Gasteiger partial charge < -0.3 is 15.0 Å². The van der Waals surface area contributed by atoms with Gasteiger partial charge in [-0.1, -0.05) is 18.2 Å². The van der Waals surface area contributed by atoms with Gasteiger partial charge >= 0.3 is 0 Å². The van der Waals surface area contributed by atoms with Crippen molar-refractivity contribution in [3.8, 4) is 5.75 Å². The van der Waals surface area contributed by atoms with Crippen molar-refractivity contribution in [1.82, 2.24) is 10.3 Å². The van der Waals surface area contributed by atoms with Crippen LogP contribution in [-0.2, 0) is 4.79 Å². The van der Waals surface area contributed by atoms with Crippen LogP contribution in [0.2, 0.25) is 0 Å². The van der Waals surface area contributed by atoms with Crippen molar-refractivity contribution in [2.75, 3.05) is 31.1 Å². The molecule has 1 amide bonds. The topological polar surface area (TPSA) is 54.5 Å². The minimum atomic E-state index is -0.0592. The number of amides is 1. The van der Waals surface area contributed by atoms with E-state index in [-0.39, 0.29) is 12.5 Å². The summed E-state index contributed by atoms with van der Waals surface area (Å²) in [5.41, 5.74) is 2.29. The first-order chi connectivity index (χ1) is 12.2. The Bertz CT molecular complexity index is 682. The Hall–Kier alpha value is -2.56. The molecule has 0 unspecified atom stereocenters. The van der Waals surface area contributed by atoms with Crippen LogP contribution in [0.5, 0.6) is 5.75 Å². The van der Waals surface area contributed by atoms with Crippen molar-refractivity contribution >= 4 is 11.6 Å². The number of carbonyl (C=O) groups is 1. The van der Waals surface area contributed by atoms with E-state index < -0.39 is 0 Å². The van der Waals surface area contributed by atoms with Gasteiger partial charge in [-0.2, -0.15) is 0 Å². The molecular formula is C20H25N3O2. The van der Waals surface area contributed by atoms with Crippen LogP contribution in [0.1, 0.15) is 18.5 Å². The number of aromatic nitrogens is 1. The summed E-state index contributed by atoms with van der Waals surface area (Å²) in [7, 11) is 0. The number of ether oxygens (including phenoxy) is 1. The van der Waals surface area contributed by atoms with Gasteiger partial charge in [0.1, 0.15) is 5.75 Å². The first-order valence-electron chi connectivity index (χ1n) is 8.83. The summed E-state index contributed by atoms with van der Waals surface area (Å²) in [6.07, 6.45) is 4.03. The maximum atomic E-state index is 11.9. The van der Waals surface area contributed by atoms with Crippen molar-refractivity contribution in [2.24, 2.45) is 5.92 Å². The van der Waals surface area contributed by atoms with E-state index in [1.165, 1.54) is 5.69 Å². The number of benzene rings is 1. The standard InChI is InChI=1S/C20H25N3O2/c1-16-13-18(7-10-21-16)23-11-8-17(9-12-23)14-22-20(24)15-25-19-5-3-2-4-6-19/h2-7,10,13,17H,8-9,11-12,14-15H2,1H3,(H,22,24). The van der Waals surface area contributed by atoms with Crippen LogP contribution in [0.4, 0.5) is 5.69 Å². The van der Waals surface area contributed by atoms with Crippen LogP contribution in [0.3, 0.4) is 0 Å². The molecule has 0 spiro atoms. The number of hydrogen-bond acceptors (Lipinski definition) is 4. The predicted molar refractivity (Wildman–Crippen MR) is 98.9 cm³/mol. The van der Waals surface area contributed by atoms with Crippen LogP contribution in [0.15, 0.2) is 48.7 Å². The molecular weight excluding hydrogens is 314 g/mol. The monoisotopic (exact) mass is 339 g/mol. The molecule has 3 rings (SSSR count). The molecule has 1 aromatic carbocycles. The molecule has 25 heavy (non-hydrogen) atoms. The number of carbonyl (C=O) groups excluding carboxylic acids is 1. The lowest BCUT2D eigenvalue weighted by Crippen LogP contribution is -2.39. The summed E-state index contributed by atoms with van der Waals surface area (Å²) >= 11 is 0. The van der Waals surface area contributed by atoms with Crippen molar-refractivity contribution in [3.05, 3.63) is 54.4 Å². The number of nitrogens with one attached hydrogen (secondary N) is 1. The molecule has 1 fully saturated rings. The molecule has 2 heterocycles. The average molecular weight is 339 g/mol. The highest BCUT2D eigenvalue weighted by molar-refractivity contribution is 5.77. The zero-order valence-corrected chi connectivity index (χ0v) is 14.6. The number of rotatable bonds is 6. The summed E-state index contributed by atoms with van der Waals surface area (Å²) in [6, 6.07) is 13.6. The second kappa shape index (κ2) is 8.51. The molecule has 1 aliphatic rings. The number of anilines is 1. The van der Waals surface area contributed by atoms with E-state index in [4.69, 9.17) is 4.74 Å². The summed E-state index contributed by atoms with van der Waals surface area (Å²) < 4.78 is 5.47. The molecule has 1 N–H and O–H groups in total. The highest BCUT2D eigenvalue weighted by Gasteiger charge is 2.20. The fourth-order valence-corrected chi connectivity index (χ4v) is 3.10. The van der Waals surface area contributed by atoms with E-state index in [1.54, 1.807) is 0 Å². The Morgan fingerprint density at radius 3 is 2.72 bits per heavy atom. The first-order valence-corrected chi connectivity index (χ1v) is 8.83. The third-order valence-corrected chi connectivity index (χ3v) is 4.56. The lowest BCUT2D eigenvalue weighted by molar-refractivity contribution is -0.123. The van der Waals surface area contributed by atoms with E-state index in [2.05, 4.69) is 27.3 Å². The molecule has 5 heteroatoms. The molecule has 0 aliphatic carbocycles. The number of pyridine rings is 1. The zero-order valence-electron chi connectivity index (χ0n) is 14.6. The third kappa shape index (κ3) is 5.21. The SMILES string of the molecule is Cc1cc(N2CCC(CNC(=O)COc3ccccc3)CC2)ccn1. The van der Waals surface area contributed by atoms with E-state index >= 15 is 0 Å². The average Bonchev–Trinajstić information content (AvgIpc) is 2.66. The molecule has 0 radical (unpaired) electrons. The van der Waals surface area contributed by atoms with Gasteiger partial charge in [0.15, 0.2) is 6.61 Å². The van der Waals surface area contributed by atoms with E-state index in [9.17, 15) is 4.79 Å². The summed E-state index contributed by atoms with van der Waals surface area (Å²) in [4.78, 5) is 18.6. The van der Waals surface area contributed by atoms with Crippen LogP contribution >= 0.6 is 0 Å². The van der Waals surface area contributed by atoms with E-state index in [1.807, 2.05) is 43.5 Å². The highest BCUT2D eigenvalue weighted by Crippen LogP contribution is 2.23. The van der Waals surface area contributed by atoms with Crippen molar-refractivity contribution in [1.29, 1.82) is 0 Å². The van der Waals surface area contributed by atoms with Gasteiger partial charge in [-0.25, -0.2) is 0 Å². The summed E-state index contributed by atoms with van der Waals surface area (Å²) in [5.74, 6) is 1.19. The lowest BCUT2D eigenvalue weighted by atomic mass is 9.96. The number of hydrogen-bond donors (Lipinski definition) is 1. The smallest absolute Gasteiger partial charge is 0.257 e. The molecule has 2 aromatic rings. The lowest BCUT2D eigenvalue weighted by Gasteiger charge is -2.33. The van der Waals surface area contributed by atoms with Gasteiger partial charge in [-0.05, 0) is 49.9 Å². The Morgan fingerprint density at radius 1 is 1.24 bits per heavy atom. The number of nitrogens with zero attached hydrogens (tertiary/aromatic N) is 2. The van der Waals surface area contributed by atoms with Crippen LogP contribution in [-0.4, -0.2) is 37.1 Å². The number of aryl methyl sites for hydroxylation is 1. The quantitative estimate of drug-likeness (QED) is 0.879. The molecule has 1 aliphatic heterocycles. The van der Waals surface area contributed by atoms with Crippen molar-refractivity contribution in [2.45, 2.75) is 19.8 Å². The molecule has 1 saturated heterocycles. The van der Waals surface area contributed by atoms with Crippen molar-refractivity contribution < 1.29 is 9.53 Å². The Balaban J connectivity index is 1.37. The predicted octanol–water partition coefficient (Wildman–Crippen LogP) is 2.80. The normalized spacial score (nSPS) is 15.0. The largest absolute Gasteiger partial charge is 0.484 e.